The Labute approximate surface area is 139 Å². The molecule has 1 fully saturated rings. The highest BCUT2D eigenvalue weighted by Crippen LogP contribution is 2.38. The molecule has 1 aliphatic heterocycles. The number of benzene rings is 1. The number of hydrogen-bond donors (Lipinski definition) is 1. The zero-order valence-corrected chi connectivity index (χ0v) is 14.9. The van der Waals surface area contributed by atoms with E-state index in [1.165, 1.54) is 0 Å². The largest absolute Gasteiger partial charge is 0.491 e. The van der Waals surface area contributed by atoms with Gasteiger partial charge < -0.3 is 14.6 Å². The molecule has 1 heterocycles. The average Bonchev–Trinajstić information content (AvgIpc) is 2.69. The highest BCUT2D eigenvalue weighted by atomic mass is 16.7. The highest BCUT2D eigenvalue weighted by molar-refractivity contribution is 6.56. The van der Waals surface area contributed by atoms with E-state index in [1.54, 1.807) is 0 Å². The van der Waals surface area contributed by atoms with E-state index < -0.39 is 7.12 Å². The number of nitrogens with one attached hydrogen (secondary N) is 1. The van der Waals surface area contributed by atoms with E-state index in [-0.39, 0.29) is 11.2 Å². The minimum Gasteiger partial charge on any atom is -0.400 e. The summed E-state index contributed by atoms with van der Waals surface area (Å²) in [5, 5.41) is 3.17. The van der Waals surface area contributed by atoms with Crippen LogP contribution in [0.5, 0.6) is 0 Å². The molecule has 1 saturated heterocycles. The summed E-state index contributed by atoms with van der Waals surface area (Å²) in [5.41, 5.74) is 3.06. The van der Waals surface area contributed by atoms with E-state index >= 15 is 0 Å². The number of likely N-dealkylation sites (N-methyl/N-ethyl adjacent to an activating group) is 1. The lowest BCUT2D eigenvalue weighted by Gasteiger charge is -2.32. The Balaban J connectivity index is 2.38. The summed E-state index contributed by atoms with van der Waals surface area (Å²) in [6.45, 7) is 10.9. The average molecular weight is 315 g/mol. The number of rotatable bonds is 5. The van der Waals surface area contributed by atoms with Crippen LogP contribution >= 0.6 is 0 Å². The van der Waals surface area contributed by atoms with Crippen LogP contribution in [0, 0.1) is 6.92 Å². The van der Waals surface area contributed by atoms with Gasteiger partial charge >= 0.3 is 7.12 Å². The summed E-state index contributed by atoms with van der Waals surface area (Å²) in [7, 11) is 1.50. The molecule has 0 bridgehead atoms. The molecule has 0 amide bonds. The molecule has 2 rings (SSSR count). The number of carbonyl (C=O) groups excluding carboxylic acids is 1. The van der Waals surface area contributed by atoms with E-state index in [1.807, 2.05) is 59.9 Å². The highest BCUT2D eigenvalue weighted by Gasteiger charge is 2.52. The smallest absolute Gasteiger partial charge is 0.400 e. The van der Waals surface area contributed by atoms with Crippen LogP contribution in [0.15, 0.2) is 23.7 Å². The third kappa shape index (κ3) is 3.74. The van der Waals surface area contributed by atoms with Crippen molar-refractivity contribution >= 4 is 19.5 Å². The Morgan fingerprint density at radius 3 is 2.35 bits per heavy atom. The first-order valence-corrected chi connectivity index (χ1v) is 7.97. The van der Waals surface area contributed by atoms with Gasteiger partial charge in [-0.25, -0.2) is 0 Å². The maximum atomic E-state index is 11.0. The SMILES string of the molecule is CNCC(=Cc1cc(C=O)ccc1C)B1OC(C)(C)C(C)(C)O1. The molecule has 5 heteroatoms. The van der Waals surface area contributed by atoms with E-state index in [2.05, 4.69) is 11.4 Å². The van der Waals surface area contributed by atoms with Crippen molar-refractivity contribution in [3.63, 3.8) is 0 Å². The van der Waals surface area contributed by atoms with E-state index in [0.29, 0.717) is 12.1 Å². The third-order valence-electron chi connectivity index (χ3n) is 4.72. The Hall–Kier alpha value is -1.43. The van der Waals surface area contributed by atoms with Crippen molar-refractivity contribution in [3.8, 4) is 0 Å². The van der Waals surface area contributed by atoms with Gasteiger partial charge in [0, 0.05) is 12.1 Å². The lowest BCUT2D eigenvalue weighted by molar-refractivity contribution is 0.00578. The minimum atomic E-state index is -0.397. The van der Waals surface area contributed by atoms with Crippen LogP contribution in [-0.4, -0.2) is 38.2 Å². The summed E-state index contributed by atoms with van der Waals surface area (Å²) >= 11 is 0. The first kappa shape index (κ1) is 17.9. The fourth-order valence-corrected chi connectivity index (χ4v) is 2.49. The quantitative estimate of drug-likeness (QED) is 0.670. The van der Waals surface area contributed by atoms with Gasteiger partial charge in [-0.2, -0.15) is 0 Å². The van der Waals surface area contributed by atoms with E-state index in [9.17, 15) is 4.79 Å². The van der Waals surface area contributed by atoms with E-state index in [4.69, 9.17) is 9.31 Å². The Morgan fingerprint density at radius 2 is 1.83 bits per heavy atom. The molecule has 0 aliphatic carbocycles. The second-order valence-electron chi connectivity index (χ2n) is 7.07. The summed E-state index contributed by atoms with van der Waals surface area (Å²) in [6.07, 6.45) is 2.92. The Bertz CT molecular complexity index is 607. The molecule has 0 spiro atoms. The summed E-state index contributed by atoms with van der Waals surface area (Å²) in [6, 6.07) is 5.67. The molecule has 0 saturated carbocycles. The van der Waals surface area contributed by atoms with Crippen molar-refractivity contribution in [2.45, 2.75) is 45.8 Å². The molecule has 1 N–H and O–H groups in total. The van der Waals surface area contributed by atoms with Crippen molar-refractivity contribution in [3.05, 3.63) is 40.4 Å². The van der Waals surface area contributed by atoms with Crippen molar-refractivity contribution < 1.29 is 14.1 Å². The predicted octanol–water partition coefficient (Wildman–Crippen LogP) is 3.04. The van der Waals surface area contributed by atoms with Crippen molar-refractivity contribution in [2.75, 3.05) is 13.6 Å². The third-order valence-corrected chi connectivity index (χ3v) is 4.72. The number of aldehydes is 1. The fourth-order valence-electron chi connectivity index (χ4n) is 2.49. The number of carbonyl (C=O) groups is 1. The molecule has 124 valence electrons. The first-order chi connectivity index (χ1) is 10.7. The van der Waals surface area contributed by atoms with Gasteiger partial charge in [0.15, 0.2) is 0 Å². The molecular weight excluding hydrogens is 289 g/mol. The van der Waals surface area contributed by atoms with Crippen molar-refractivity contribution in [1.82, 2.24) is 5.32 Å². The van der Waals surface area contributed by atoms with Crippen LogP contribution in [0.2, 0.25) is 0 Å². The summed E-state index contributed by atoms with van der Waals surface area (Å²) in [5.74, 6) is 0. The topological polar surface area (TPSA) is 47.6 Å². The monoisotopic (exact) mass is 315 g/mol. The molecule has 0 radical (unpaired) electrons. The maximum absolute atomic E-state index is 11.0. The zero-order valence-electron chi connectivity index (χ0n) is 14.9. The van der Waals surface area contributed by atoms with Crippen molar-refractivity contribution in [1.29, 1.82) is 0 Å². The van der Waals surface area contributed by atoms with Crippen LogP contribution in [-0.2, 0) is 9.31 Å². The molecule has 0 unspecified atom stereocenters. The van der Waals surface area contributed by atoms with Crippen molar-refractivity contribution in [2.24, 2.45) is 0 Å². The molecule has 1 aromatic carbocycles. The van der Waals surface area contributed by atoms with Gasteiger partial charge in [0.1, 0.15) is 6.29 Å². The second kappa shape index (κ2) is 6.60. The predicted molar refractivity (Wildman–Crippen MR) is 94.6 cm³/mol. The number of aryl methyl sites for hydroxylation is 1. The van der Waals surface area contributed by atoms with Gasteiger partial charge in [-0.1, -0.05) is 18.2 Å². The zero-order chi connectivity index (χ0) is 17.3. The van der Waals surface area contributed by atoms with Crippen LogP contribution < -0.4 is 5.32 Å². The maximum Gasteiger partial charge on any atom is 0.491 e. The van der Waals surface area contributed by atoms with Gasteiger partial charge in [0.05, 0.1) is 11.2 Å². The Kier molecular flexibility index (Phi) is 5.14. The van der Waals surface area contributed by atoms with Crippen LogP contribution in [0.25, 0.3) is 6.08 Å². The molecule has 0 atom stereocenters. The first-order valence-electron chi connectivity index (χ1n) is 7.97. The molecule has 4 nitrogen and oxygen atoms in total. The standard InChI is InChI=1S/C18H26BNO3/c1-13-7-8-14(12-21)9-15(13)10-16(11-20-6)19-22-17(2,3)18(4,5)23-19/h7-10,12,20H,11H2,1-6H3. The van der Waals surface area contributed by atoms with Crippen LogP contribution in [0.3, 0.4) is 0 Å². The molecular formula is C18H26BNO3. The molecule has 0 aromatic heterocycles. The Morgan fingerprint density at radius 1 is 1.22 bits per heavy atom. The summed E-state index contributed by atoms with van der Waals surface area (Å²) in [4.78, 5) is 11.0. The van der Waals surface area contributed by atoms with Gasteiger partial charge in [0.25, 0.3) is 0 Å². The van der Waals surface area contributed by atoms with Gasteiger partial charge in [-0.3, -0.25) is 4.79 Å². The molecule has 1 aromatic rings. The normalized spacial score (nSPS) is 19.9. The van der Waals surface area contributed by atoms with Gasteiger partial charge in [-0.15, -0.1) is 0 Å². The lowest BCUT2D eigenvalue weighted by Crippen LogP contribution is -2.41. The molecule has 23 heavy (non-hydrogen) atoms. The summed E-state index contributed by atoms with van der Waals surface area (Å²) < 4.78 is 12.3. The van der Waals surface area contributed by atoms with Crippen LogP contribution in [0.1, 0.15) is 49.2 Å². The number of hydrogen-bond acceptors (Lipinski definition) is 4. The van der Waals surface area contributed by atoms with Gasteiger partial charge in [-0.05, 0) is 64.3 Å². The van der Waals surface area contributed by atoms with E-state index in [0.717, 1.165) is 22.9 Å². The molecule has 1 aliphatic rings. The second-order valence-corrected chi connectivity index (χ2v) is 7.07. The lowest BCUT2D eigenvalue weighted by atomic mass is 9.76. The van der Waals surface area contributed by atoms with Crippen LogP contribution in [0.4, 0.5) is 0 Å². The van der Waals surface area contributed by atoms with Gasteiger partial charge in [0.2, 0.25) is 0 Å². The fraction of sp³-hybridized carbons (Fsp3) is 0.500. The minimum absolute atomic E-state index is 0.371.